The second kappa shape index (κ2) is 5.35. The topological polar surface area (TPSA) is 48.0 Å². The molecular formula is C16H19NO4S. The Morgan fingerprint density at radius 2 is 2.18 bits per heavy atom. The molecule has 3 heterocycles. The summed E-state index contributed by atoms with van der Waals surface area (Å²) in [6.07, 6.45) is 1.35. The molecule has 0 radical (unpaired) electrons. The van der Waals surface area contributed by atoms with Crippen LogP contribution in [0.2, 0.25) is 0 Å². The number of rotatable bonds is 2. The monoisotopic (exact) mass is 321 g/mol. The zero-order valence-corrected chi connectivity index (χ0v) is 13.4. The minimum Gasteiger partial charge on any atom is -0.486 e. The maximum atomic E-state index is 12.7. The van der Waals surface area contributed by atoms with Crippen molar-refractivity contribution in [1.29, 1.82) is 0 Å². The molecule has 0 aliphatic carbocycles. The molecule has 0 unspecified atom stereocenters. The summed E-state index contributed by atoms with van der Waals surface area (Å²) in [4.78, 5) is 14.6. The first-order chi connectivity index (χ1) is 10.7. The van der Waals surface area contributed by atoms with E-state index in [-0.39, 0.29) is 10.7 Å². The molecule has 3 aliphatic heterocycles. The Morgan fingerprint density at radius 3 is 2.95 bits per heavy atom. The molecule has 0 N–H and O–H groups in total. The third-order valence-electron chi connectivity index (χ3n) is 4.55. The molecular weight excluding hydrogens is 302 g/mol. The fourth-order valence-electron chi connectivity index (χ4n) is 3.38. The predicted octanol–water partition coefficient (Wildman–Crippen LogP) is 1.80. The van der Waals surface area contributed by atoms with E-state index in [0.29, 0.717) is 36.4 Å². The summed E-state index contributed by atoms with van der Waals surface area (Å²) >= 11 is 1.93. The van der Waals surface area contributed by atoms with Crippen molar-refractivity contribution in [2.45, 2.75) is 17.3 Å². The van der Waals surface area contributed by atoms with Crippen molar-refractivity contribution < 1.29 is 19.0 Å². The number of carbonyl (C=O) groups excluding carboxylic acids is 1. The number of methoxy groups -OCH3 is 1. The van der Waals surface area contributed by atoms with Gasteiger partial charge >= 0.3 is 0 Å². The first kappa shape index (κ1) is 14.2. The fourth-order valence-corrected chi connectivity index (χ4v) is 4.97. The van der Waals surface area contributed by atoms with E-state index in [1.54, 1.807) is 7.11 Å². The minimum atomic E-state index is 0.0365. The van der Waals surface area contributed by atoms with Gasteiger partial charge in [-0.15, -0.1) is 11.8 Å². The maximum absolute atomic E-state index is 12.7. The number of carbonyl (C=O) groups is 1. The molecule has 1 aromatic carbocycles. The van der Waals surface area contributed by atoms with Crippen molar-refractivity contribution in [2.75, 3.05) is 39.2 Å². The Hall–Kier alpha value is -1.40. The van der Waals surface area contributed by atoms with Crippen molar-refractivity contribution in [3.05, 3.63) is 23.8 Å². The molecule has 1 aromatic rings. The van der Waals surface area contributed by atoms with Gasteiger partial charge in [0, 0.05) is 26.0 Å². The number of thioether (sulfide) groups is 1. The standard InChI is InChI=1S/C16H19NO4S/c1-19-11-7-16(22-8-11)9-17(10-16)15(18)12-3-2-4-13-14(12)21-6-5-20-13/h2-4,11H,5-10H2,1H3/t11-/m1/s1. The van der Waals surface area contributed by atoms with Crippen LogP contribution in [0.4, 0.5) is 0 Å². The van der Waals surface area contributed by atoms with Gasteiger partial charge in [0.1, 0.15) is 13.2 Å². The first-order valence-electron chi connectivity index (χ1n) is 7.55. The molecule has 0 bridgehead atoms. The number of nitrogens with zero attached hydrogens (tertiary/aromatic N) is 1. The number of hydrogen-bond donors (Lipinski definition) is 0. The van der Waals surface area contributed by atoms with Gasteiger partial charge in [0.25, 0.3) is 5.91 Å². The Labute approximate surface area is 133 Å². The van der Waals surface area contributed by atoms with Gasteiger partial charge in [0.2, 0.25) is 0 Å². The van der Waals surface area contributed by atoms with Crippen LogP contribution in [0.3, 0.4) is 0 Å². The summed E-state index contributed by atoms with van der Waals surface area (Å²) in [7, 11) is 1.76. The Morgan fingerprint density at radius 1 is 1.36 bits per heavy atom. The Kier molecular flexibility index (Phi) is 3.46. The number of hydrogen-bond acceptors (Lipinski definition) is 5. The number of para-hydroxylation sites is 1. The lowest BCUT2D eigenvalue weighted by atomic mass is 9.92. The van der Waals surface area contributed by atoms with Crippen LogP contribution in [-0.4, -0.2) is 60.8 Å². The average molecular weight is 321 g/mol. The summed E-state index contributed by atoms with van der Waals surface area (Å²) in [6.45, 7) is 2.61. The molecule has 5 nitrogen and oxygen atoms in total. The minimum absolute atomic E-state index is 0.0365. The zero-order chi connectivity index (χ0) is 15.2. The molecule has 0 aromatic heterocycles. The van der Waals surface area contributed by atoms with Crippen LogP contribution in [0.25, 0.3) is 0 Å². The highest BCUT2D eigenvalue weighted by molar-refractivity contribution is 8.01. The van der Waals surface area contributed by atoms with Gasteiger partial charge in [0.05, 0.1) is 16.4 Å². The molecule has 2 saturated heterocycles. The lowest BCUT2D eigenvalue weighted by Gasteiger charge is -2.47. The molecule has 1 amide bonds. The SMILES string of the molecule is CO[C@H]1CSC2(C1)CN(C(=O)c1cccc3c1OCCO3)C2. The fraction of sp³-hybridized carbons (Fsp3) is 0.562. The molecule has 3 aliphatic rings. The quantitative estimate of drug-likeness (QED) is 0.831. The van der Waals surface area contributed by atoms with Crippen LogP contribution in [0.5, 0.6) is 11.5 Å². The number of fused-ring (bicyclic) bond motifs is 1. The van der Waals surface area contributed by atoms with Crippen LogP contribution >= 0.6 is 11.8 Å². The first-order valence-corrected chi connectivity index (χ1v) is 8.54. The van der Waals surface area contributed by atoms with Gasteiger partial charge in [-0.2, -0.15) is 0 Å². The highest BCUT2D eigenvalue weighted by atomic mass is 32.2. The average Bonchev–Trinajstić information content (AvgIpc) is 2.97. The van der Waals surface area contributed by atoms with Crippen LogP contribution in [0.15, 0.2) is 18.2 Å². The van der Waals surface area contributed by atoms with Gasteiger partial charge in [-0.3, -0.25) is 4.79 Å². The van der Waals surface area contributed by atoms with E-state index < -0.39 is 0 Å². The number of ether oxygens (including phenoxy) is 3. The lowest BCUT2D eigenvalue weighted by Crippen LogP contribution is -2.60. The van der Waals surface area contributed by atoms with Gasteiger partial charge in [0.15, 0.2) is 11.5 Å². The number of benzene rings is 1. The van der Waals surface area contributed by atoms with Crippen molar-refractivity contribution in [3.8, 4) is 11.5 Å². The molecule has 1 spiro atoms. The van der Waals surface area contributed by atoms with Crippen LogP contribution < -0.4 is 9.47 Å². The second-order valence-electron chi connectivity index (χ2n) is 6.05. The Bertz CT molecular complexity index is 600. The third kappa shape index (κ3) is 2.25. The smallest absolute Gasteiger partial charge is 0.257 e. The molecule has 6 heteroatoms. The van der Waals surface area contributed by atoms with E-state index in [0.717, 1.165) is 25.3 Å². The molecule has 1 atom stereocenters. The predicted molar refractivity (Wildman–Crippen MR) is 83.9 cm³/mol. The van der Waals surface area contributed by atoms with Gasteiger partial charge < -0.3 is 19.1 Å². The van der Waals surface area contributed by atoms with E-state index in [9.17, 15) is 4.79 Å². The van der Waals surface area contributed by atoms with E-state index in [1.165, 1.54) is 0 Å². The zero-order valence-electron chi connectivity index (χ0n) is 12.5. The van der Waals surface area contributed by atoms with E-state index in [4.69, 9.17) is 14.2 Å². The third-order valence-corrected chi connectivity index (χ3v) is 6.13. The molecule has 2 fully saturated rings. The van der Waals surface area contributed by atoms with Crippen molar-refractivity contribution in [1.82, 2.24) is 4.90 Å². The molecule has 118 valence electrons. The molecule has 22 heavy (non-hydrogen) atoms. The summed E-state index contributed by atoms with van der Waals surface area (Å²) in [5.41, 5.74) is 0.610. The van der Waals surface area contributed by atoms with Crippen LogP contribution in [0, 0.1) is 0 Å². The summed E-state index contributed by atoms with van der Waals surface area (Å²) < 4.78 is 16.8. The normalized spacial score (nSPS) is 25.1. The van der Waals surface area contributed by atoms with E-state index in [2.05, 4.69) is 0 Å². The van der Waals surface area contributed by atoms with E-state index >= 15 is 0 Å². The van der Waals surface area contributed by atoms with Crippen molar-refractivity contribution in [3.63, 3.8) is 0 Å². The largest absolute Gasteiger partial charge is 0.486 e. The highest BCUT2D eigenvalue weighted by Crippen LogP contribution is 2.47. The summed E-state index contributed by atoms with van der Waals surface area (Å²) in [5.74, 6) is 2.32. The van der Waals surface area contributed by atoms with Gasteiger partial charge in [-0.25, -0.2) is 0 Å². The summed E-state index contributed by atoms with van der Waals surface area (Å²) in [5, 5.41) is 0. The van der Waals surface area contributed by atoms with E-state index in [1.807, 2.05) is 34.9 Å². The Balaban J connectivity index is 1.48. The van der Waals surface area contributed by atoms with Crippen molar-refractivity contribution in [2.24, 2.45) is 0 Å². The number of likely N-dealkylation sites (tertiary alicyclic amines) is 1. The van der Waals surface area contributed by atoms with Crippen LogP contribution in [0.1, 0.15) is 16.8 Å². The number of amides is 1. The highest BCUT2D eigenvalue weighted by Gasteiger charge is 2.51. The molecule has 0 saturated carbocycles. The summed E-state index contributed by atoms with van der Waals surface area (Å²) in [6, 6.07) is 5.51. The van der Waals surface area contributed by atoms with Gasteiger partial charge in [-0.05, 0) is 18.6 Å². The van der Waals surface area contributed by atoms with Gasteiger partial charge in [-0.1, -0.05) is 6.07 Å². The molecule has 4 rings (SSSR count). The lowest BCUT2D eigenvalue weighted by molar-refractivity contribution is 0.0445. The second-order valence-corrected chi connectivity index (χ2v) is 7.53. The van der Waals surface area contributed by atoms with Crippen molar-refractivity contribution >= 4 is 17.7 Å². The maximum Gasteiger partial charge on any atom is 0.257 e. The van der Waals surface area contributed by atoms with Crippen LogP contribution in [-0.2, 0) is 4.74 Å².